The van der Waals surface area contributed by atoms with Crippen LogP contribution in [0.2, 0.25) is 0 Å². The van der Waals surface area contributed by atoms with Crippen molar-refractivity contribution in [3.8, 4) is 0 Å². The van der Waals surface area contributed by atoms with Gasteiger partial charge >= 0.3 is 0 Å². The molecule has 0 aliphatic carbocycles. The molecule has 0 N–H and O–H groups in total. The predicted molar refractivity (Wildman–Crippen MR) is 29.6 cm³/mol. The molecule has 0 aromatic heterocycles. The Bertz CT molecular complexity index is 122. The van der Waals surface area contributed by atoms with Crippen molar-refractivity contribution in [3.05, 3.63) is 12.2 Å². The molecule has 1 saturated heterocycles. The highest BCUT2D eigenvalue weighted by atomic mass is 16.6. The van der Waals surface area contributed by atoms with Gasteiger partial charge in [-0.3, -0.25) is 4.79 Å². The summed E-state index contributed by atoms with van der Waals surface area (Å²) in [5.74, 6) is 0.0838. The van der Waals surface area contributed by atoms with Crippen LogP contribution >= 0.6 is 0 Å². The SMILES string of the molecule is CC(=O)/C=C\[C@H]1CO1. The number of hydrogen-bond donors (Lipinski definition) is 0. The van der Waals surface area contributed by atoms with Crippen molar-refractivity contribution in [2.75, 3.05) is 6.61 Å². The smallest absolute Gasteiger partial charge is 0.152 e. The standard InChI is InChI=1S/C6H8O2/c1-5(7)2-3-6-4-8-6/h2-3,6H,4H2,1H3/b3-2-/t6-/m0/s1. The van der Waals surface area contributed by atoms with Gasteiger partial charge in [-0.1, -0.05) is 6.08 Å². The minimum Gasteiger partial charge on any atom is -0.369 e. The number of carbonyl (C=O) groups excluding carboxylic acids is 1. The van der Waals surface area contributed by atoms with Crippen molar-refractivity contribution >= 4 is 5.78 Å². The lowest BCUT2D eigenvalue weighted by molar-refractivity contribution is -0.112. The molecule has 0 bridgehead atoms. The van der Waals surface area contributed by atoms with Crippen LogP contribution in [0.5, 0.6) is 0 Å². The molecule has 0 amide bonds. The van der Waals surface area contributed by atoms with E-state index >= 15 is 0 Å². The molecular weight excluding hydrogens is 104 g/mol. The van der Waals surface area contributed by atoms with Gasteiger partial charge < -0.3 is 4.74 Å². The maximum Gasteiger partial charge on any atom is 0.152 e. The zero-order valence-corrected chi connectivity index (χ0v) is 4.76. The number of epoxide rings is 1. The van der Waals surface area contributed by atoms with Crippen LogP contribution in [0.25, 0.3) is 0 Å². The van der Waals surface area contributed by atoms with Gasteiger partial charge in [-0.05, 0) is 13.0 Å². The third kappa shape index (κ3) is 1.89. The molecule has 0 aromatic rings. The van der Waals surface area contributed by atoms with Crippen LogP contribution in [0.3, 0.4) is 0 Å². The lowest BCUT2D eigenvalue weighted by Gasteiger charge is -1.74. The quantitative estimate of drug-likeness (QED) is 0.385. The van der Waals surface area contributed by atoms with E-state index in [4.69, 9.17) is 4.74 Å². The number of ether oxygens (including phenoxy) is 1. The van der Waals surface area contributed by atoms with Gasteiger partial charge in [-0.15, -0.1) is 0 Å². The Morgan fingerprint density at radius 3 is 2.88 bits per heavy atom. The van der Waals surface area contributed by atoms with Gasteiger partial charge in [0.2, 0.25) is 0 Å². The van der Waals surface area contributed by atoms with Crippen molar-refractivity contribution in [2.45, 2.75) is 13.0 Å². The Balaban J connectivity index is 2.23. The lowest BCUT2D eigenvalue weighted by Crippen LogP contribution is -1.82. The summed E-state index contributed by atoms with van der Waals surface area (Å²) < 4.78 is 4.82. The second-order valence-corrected chi connectivity index (χ2v) is 1.84. The van der Waals surface area contributed by atoms with Gasteiger partial charge in [0.05, 0.1) is 12.7 Å². The first-order chi connectivity index (χ1) is 3.79. The molecule has 1 aliphatic heterocycles. The van der Waals surface area contributed by atoms with Crippen LogP contribution < -0.4 is 0 Å². The van der Waals surface area contributed by atoms with Crippen molar-refractivity contribution in [2.24, 2.45) is 0 Å². The van der Waals surface area contributed by atoms with Gasteiger partial charge in [0.15, 0.2) is 5.78 Å². The van der Waals surface area contributed by atoms with Crippen molar-refractivity contribution in [1.82, 2.24) is 0 Å². The van der Waals surface area contributed by atoms with Crippen LogP contribution in [0.4, 0.5) is 0 Å². The second kappa shape index (κ2) is 2.09. The number of ketones is 1. The van der Waals surface area contributed by atoms with E-state index in [1.807, 2.05) is 0 Å². The molecule has 0 unspecified atom stereocenters. The summed E-state index contributed by atoms with van der Waals surface area (Å²) in [6, 6.07) is 0. The molecule has 1 aliphatic rings. The number of hydrogen-bond acceptors (Lipinski definition) is 2. The third-order valence-corrected chi connectivity index (χ3v) is 0.905. The molecule has 2 heteroatoms. The van der Waals surface area contributed by atoms with Gasteiger partial charge in [-0.2, -0.15) is 0 Å². The summed E-state index contributed by atoms with van der Waals surface area (Å²) >= 11 is 0. The van der Waals surface area contributed by atoms with Crippen LogP contribution in [0, 0.1) is 0 Å². The maximum absolute atomic E-state index is 10.2. The minimum absolute atomic E-state index is 0.0838. The highest BCUT2D eigenvalue weighted by Crippen LogP contribution is 2.09. The first-order valence-corrected chi connectivity index (χ1v) is 2.59. The zero-order valence-electron chi connectivity index (χ0n) is 4.76. The van der Waals surface area contributed by atoms with E-state index in [0.717, 1.165) is 6.61 Å². The summed E-state index contributed by atoms with van der Waals surface area (Å²) in [6.45, 7) is 2.31. The molecule has 0 spiro atoms. The molecule has 1 atom stereocenters. The van der Waals surface area contributed by atoms with Gasteiger partial charge in [0.1, 0.15) is 0 Å². The Morgan fingerprint density at radius 2 is 2.50 bits per heavy atom. The van der Waals surface area contributed by atoms with Crippen molar-refractivity contribution in [1.29, 1.82) is 0 Å². The summed E-state index contributed by atoms with van der Waals surface area (Å²) in [5.41, 5.74) is 0. The number of allylic oxidation sites excluding steroid dienone is 1. The molecule has 1 rings (SSSR count). The largest absolute Gasteiger partial charge is 0.369 e. The predicted octanol–water partition coefficient (Wildman–Crippen LogP) is 0.530. The zero-order chi connectivity index (χ0) is 5.98. The first-order valence-electron chi connectivity index (χ1n) is 2.59. The number of carbonyl (C=O) groups is 1. The van der Waals surface area contributed by atoms with Crippen LogP contribution in [0.1, 0.15) is 6.92 Å². The fourth-order valence-corrected chi connectivity index (χ4v) is 0.410. The summed E-state index contributed by atoms with van der Waals surface area (Å²) in [4.78, 5) is 10.2. The minimum atomic E-state index is 0.0838. The van der Waals surface area contributed by atoms with Crippen LogP contribution in [-0.2, 0) is 9.53 Å². The summed E-state index contributed by atoms with van der Waals surface area (Å²) in [7, 11) is 0. The van der Waals surface area contributed by atoms with E-state index in [9.17, 15) is 4.79 Å². The summed E-state index contributed by atoms with van der Waals surface area (Å²) in [5, 5.41) is 0. The van der Waals surface area contributed by atoms with Gasteiger partial charge in [0, 0.05) is 0 Å². The molecule has 0 aromatic carbocycles. The maximum atomic E-state index is 10.2. The van der Waals surface area contributed by atoms with Crippen LogP contribution in [-0.4, -0.2) is 18.5 Å². The molecule has 0 radical (unpaired) electrons. The Labute approximate surface area is 48.1 Å². The third-order valence-electron chi connectivity index (χ3n) is 0.905. The van der Waals surface area contributed by atoms with Gasteiger partial charge in [0.25, 0.3) is 0 Å². The molecule has 44 valence electrons. The average Bonchev–Trinajstić information content (AvgIpc) is 2.41. The molecule has 2 nitrogen and oxygen atoms in total. The average molecular weight is 112 g/mol. The monoisotopic (exact) mass is 112 g/mol. The van der Waals surface area contributed by atoms with E-state index in [1.54, 1.807) is 6.08 Å². The molecular formula is C6H8O2. The Hall–Kier alpha value is -0.630. The van der Waals surface area contributed by atoms with E-state index < -0.39 is 0 Å². The second-order valence-electron chi connectivity index (χ2n) is 1.84. The normalized spacial score (nSPS) is 26.4. The first kappa shape index (κ1) is 5.51. The van der Waals surface area contributed by atoms with E-state index in [-0.39, 0.29) is 11.9 Å². The Morgan fingerprint density at radius 1 is 1.88 bits per heavy atom. The van der Waals surface area contributed by atoms with Gasteiger partial charge in [-0.25, -0.2) is 0 Å². The lowest BCUT2D eigenvalue weighted by atomic mass is 10.3. The van der Waals surface area contributed by atoms with Crippen molar-refractivity contribution in [3.63, 3.8) is 0 Å². The fraction of sp³-hybridized carbons (Fsp3) is 0.500. The fourth-order valence-electron chi connectivity index (χ4n) is 0.410. The van der Waals surface area contributed by atoms with Crippen LogP contribution in [0.15, 0.2) is 12.2 Å². The number of rotatable bonds is 2. The van der Waals surface area contributed by atoms with E-state index in [2.05, 4.69) is 0 Å². The van der Waals surface area contributed by atoms with Crippen molar-refractivity contribution < 1.29 is 9.53 Å². The molecule has 0 saturated carbocycles. The summed E-state index contributed by atoms with van der Waals surface area (Å²) in [6.07, 6.45) is 3.55. The van der Waals surface area contributed by atoms with E-state index in [1.165, 1.54) is 13.0 Å². The van der Waals surface area contributed by atoms with E-state index in [0.29, 0.717) is 0 Å². The highest BCUT2D eigenvalue weighted by Gasteiger charge is 2.17. The molecule has 1 fully saturated rings. The molecule has 8 heavy (non-hydrogen) atoms. The topological polar surface area (TPSA) is 29.6 Å². The highest BCUT2D eigenvalue weighted by molar-refractivity contribution is 5.87. The Kier molecular flexibility index (Phi) is 1.44. The molecule has 1 heterocycles.